The van der Waals surface area contributed by atoms with Gasteiger partial charge in [0, 0.05) is 18.8 Å². The number of carbonyl (C=O) groups is 1. The van der Waals surface area contributed by atoms with Gasteiger partial charge in [-0.1, -0.05) is 19.9 Å². The van der Waals surface area contributed by atoms with Gasteiger partial charge in [-0.2, -0.15) is 5.12 Å². The number of amides is 1. The van der Waals surface area contributed by atoms with Gasteiger partial charge in [-0.3, -0.25) is 0 Å². The smallest absolute Gasteiger partial charge is 0.410 e. The summed E-state index contributed by atoms with van der Waals surface area (Å²) in [5.41, 5.74) is 13.6. The summed E-state index contributed by atoms with van der Waals surface area (Å²) in [5, 5.41) is 5.38. The molecule has 6 N–H and O–H groups in total. The van der Waals surface area contributed by atoms with Gasteiger partial charge in [0.1, 0.15) is 11.4 Å². The first-order chi connectivity index (χ1) is 12.1. The second-order valence-corrected chi connectivity index (χ2v) is 6.99. The molecule has 0 unspecified atom stereocenters. The highest BCUT2D eigenvalue weighted by Crippen LogP contribution is 2.22. The molecule has 0 spiro atoms. The van der Waals surface area contributed by atoms with Gasteiger partial charge in [-0.25, -0.2) is 10.6 Å². The number of nitrogens with two attached hydrogens (primary N) is 3. The van der Waals surface area contributed by atoms with Gasteiger partial charge in [-0.05, 0) is 45.4 Å². The van der Waals surface area contributed by atoms with E-state index in [1.54, 1.807) is 11.0 Å². The lowest BCUT2D eigenvalue weighted by Crippen LogP contribution is -2.56. The van der Waals surface area contributed by atoms with Crippen molar-refractivity contribution >= 4 is 23.3 Å². The quantitative estimate of drug-likeness (QED) is 0.249. The van der Waals surface area contributed by atoms with Crippen LogP contribution in [0.15, 0.2) is 23.3 Å². The van der Waals surface area contributed by atoms with E-state index >= 15 is 0 Å². The van der Waals surface area contributed by atoms with Crippen LogP contribution < -0.4 is 22.4 Å². The summed E-state index contributed by atoms with van der Waals surface area (Å²) in [4.78, 5) is 13.5. The molecule has 0 bridgehead atoms. The van der Waals surface area contributed by atoms with Crippen LogP contribution in [-0.2, 0) is 4.74 Å². The van der Waals surface area contributed by atoms with Crippen molar-refractivity contribution in [3.63, 3.8) is 0 Å². The summed E-state index contributed by atoms with van der Waals surface area (Å²) in [6.07, 6.45) is -0.345. The van der Waals surface area contributed by atoms with Gasteiger partial charge in [0.2, 0.25) is 0 Å². The first-order valence-corrected chi connectivity index (χ1v) is 8.79. The van der Waals surface area contributed by atoms with Crippen molar-refractivity contribution in [1.82, 2.24) is 4.90 Å². The maximum atomic E-state index is 11.9. The fraction of sp³-hybridized carbons (Fsp3) is 0.556. The maximum Gasteiger partial charge on any atom is 0.410 e. The molecule has 0 aromatic heterocycles. The number of carbonyl (C=O) groups excluding carboxylic acids is 1. The second-order valence-electron chi connectivity index (χ2n) is 6.99. The molecular formula is C18H32N6O2. The number of amidine groups is 1. The van der Waals surface area contributed by atoms with E-state index < -0.39 is 5.60 Å². The minimum Gasteiger partial charge on any atom is -0.444 e. The summed E-state index contributed by atoms with van der Waals surface area (Å²) in [7, 11) is 0. The number of nitrogens with zero attached hydrogens (tertiary/aromatic N) is 3. The Labute approximate surface area is 155 Å². The molecule has 1 heterocycles. The van der Waals surface area contributed by atoms with Crippen molar-refractivity contribution in [2.75, 3.05) is 23.9 Å². The van der Waals surface area contributed by atoms with Crippen molar-refractivity contribution in [2.24, 2.45) is 22.6 Å². The molecular weight excluding hydrogens is 332 g/mol. The van der Waals surface area contributed by atoms with Gasteiger partial charge in [0.15, 0.2) is 0 Å². The van der Waals surface area contributed by atoms with E-state index in [9.17, 15) is 4.79 Å². The summed E-state index contributed by atoms with van der Waals surface area (Å²) in [6, 6.07) is 5.42. The first-order valence-electron chi connectivity index (χ1n) is 8.79. The molecule has 0 radical (unpaired) electrons. The average molecular weight is 364 g/mol. The number of hydrogen-bond donors (Lipinski definition) is 3. The summed E-state index contributed by atoms with van der Waals surface area (Å²) in [5.74, 6) is 6.25. The molecule has 0 atom stereocenters. The molecule has 26 heavy (non-hydrogen) atoms. The predicted octanol–water partition coefficient (Wildman–Crippen LogP) is 2.42. The third-order valence-electron chi connectivity index (χ3n) is 3.70. The number of anilines is 2. The van der Waals surface area contributed by atoms with Crippen molar-refractivity contribution in [1.29, 1.82) is 0 Å². The number of hydrazone groups is 1. The number of benzene rings is 1. The van der Waals surface area contributed by atoms with Crippen LogP contribution >= 0.6 is 0 Å². The number of rotatable bonds is 3. The molecule has 0 saturated carbocycles. The standard InChI is InChI=1S/C16H26N6O2.C2H6/c1-10-5-6-12(7-13(10)17)22(19)20-14(18)11-8-21(9-11)15(23)24-16(2,3)4;1-2/h5-7,11H,8-9,17,19H2,1-4H3,(H2,18,20);1-2H3. The molecule has 1 fully saturated rings. The van der Waals surface area contributed by atoms with Crippen LogP contribution in [0.5, 0.6) is 0 Å². The van der Waals surface area contributed by atoms with Crippen molar-refractivity contribution in [3.05, 3.63) is 23.8 Å². The highest BCUT2D eigenvalue weighted by atomic mass is 16.6. The Morgan fingerprint density at radius 1 is 1.31 bits per heavy atom. The molecule has 1 aliphatic heterocycles. The lowest BCUT2D eigenvalue weighted by Gasteiger charge is -2.39. The van der Waals surface area contributed by atoms with Crippen LogP contribution in [0.25, 0.3) is 0 Å². The molecule has 2 rings (SSSR count). The third-order valence-corrected chi connectivity index (χ3v) is 3.70. The fourth-order valence-corrected chi connectivity index (χ4v) is 2.18. The van der Waals surface area contributed by atoms with E-state index in [2.05, 4.69) is 5.10 Å². The molecule has 1 aromatic carbocycles. The number of aryl methyl sites for hydroxylation is 1. The number of nitrogen functional groups attached to an aromatic ring is 1. The molecule has 1 amide bonds. The van der Waals surface area contributed by atoms with Crippen molar-refractivity contribution in [3.8, 4) is 0 Å². The van der Waals surface area contributed by atoms with Gasteiger partial charge in [-0.15, -0.1) is 5.10 Å². The number of hydrogen-bond acceptors (Lipinski definition) is 6. The number of hydrazine groups is 1. The summed E-state index contributed by atoms with van der Waals surface area (Å²) in [6.45, 7) is 12.3. The largest absolute Gasteiger partial charge is 0.444 e. The Bertz CT molecular complexity index is 648. The molecule has 0 aliphatic carbocycles. The Hall–Kier alpha value is -2.48. The van der Waals surface area contributed by atoms with E-state index in [0.29, 0.717) is 30.3 Å². The topological polar surface area (TPSA) is 123 Å². The predicted molar refractivity (Wildman–Crippen MR) is 107 cm³/mol. The van der Waals surface area contributed by atoms with E-state index in [-0.39, 0.29) is 12.0 Å². The average Bonchev–Trinajstić information content (AvgIpc) is 2.48. The van der Waals surface area contributed by atoms with E-state index in [4.69, 9.17) is 22.0 Å². The van der Waals surface area contributed by atoms with Crippen LogP contribution in [-0.4, -0.2) is 35.5 Å². The Morgan fingerprint density at radius 3 is 2.38 bits per heavy atom. The van der Waals surface area contributed by atoms with Crippen LogP contribution in [0, 0.1) is 12.8 Å². The maximum absolute atomic E-state index is 11.9. The van der Waals surface area contributed by atoms with Crippen LogP contribution in [0.1, 0.15) is 40.2 Å². The Morgan fingerprint density at radius 2 is 1.88 bits per heavy atom. The van der Waals surface area contributed by atoms with Crippen molar-refractivity contribution < 1.29 is 9.53 Å². The van der Waals surface area contributed by atoms with Crippen LogP contribution in [0.3, 0.4) is 0 Å². The zero-order chi connectivity index (χ0) is 20.1. The minimum absolute atomic E-state index is 0.0358. The second kappa shape index (κ2) is 8.75. The van der Waals surface area contributed by atoms with Gasteiger partial charge < -0.3 is 21.1 Å². The third kappa shape index (κ3) is 5.80. The lowest BCUT2D eigenvalue weighted by molar-refractivity contribution is 0.00682. The van der Waals surface area contributed by atoms with Gasteiger partial charge >= 0.3 is 6.09 Å². The normalized spacial score (nSPS) is 14.9. The molecule has 146 valence electrons. The number of ether oxygens (including phenoxy) is 1. The van der Waals surface area contributed by atoms with Crippen molar-refractivity contribution in [2.45, 2.75) is 47.1 Å². The molecule has 8 nitrogen and oxygen atoms in total. The molecule has 1 aliphatic rings. The Kier molecular flexibility index (Phi) is 7.26. The summed E-state index contributed by atoms with van der Waals surface area (Å²) >= 11 is 0. The van der Waals surface area contributed by atoms with Gasteiger partial charge in [0.05, 0.1) is 11.6 Å². The molecule has 1 saturated heterocycles. The number of likely N-dealkylation sites (tertiary alicyclic amines) is 1. The van der Waals surface area contributed by atoms with E-state index in [1.165, 1.54) is 5.12 Å². The minimum atomic E-state index is -0.513. The zero-order valence-electron chi connectivity index (χ0n) is 16.6. The SMILES string of the molecule is CC.Cc1ccc(N(N)/N=C(\N)C2CN(C(=O)OC(C)(C)C)C2)cc1N. The first kappa shape index (κ1) is 21.6. The van der Waals surface area contributed by atoms with Crippen LogP contribution in [0.2, 0.25) is 0 Å². The van der Waals surface area contributed by atoms with Gasteiger partial charge in [0.25, 0.3) is 0 Å². The van der Waals surface area contributed by atoms with E-state index in [1.807, 2.05) is 53.7 Å². The molecule has 8 heteroatoms. The van der Waals surface area contributed by atoms with Crippen LogP contribution in [0.4, 0.5) is 16.2 Å². The Balaban J connectivity index is 0.00000163. The highest BCUT2D eigenvalue weighted by molar-refractivity contribution is 5.86. The highest BCUT2D eigenvalue weighted by Gasteiger charge is 2.36. The zero-order valence-corrected chi connectivity index (χ0v) is 16.6. The lowest BCUT2D eigenvalue weighted by atomic mass is 10.00. The fourth-order valence-electron chi connectivity index (χ4n) is 2.18. The summed E-state index contributed by atoms with van der Waals surface area (Å²) < 4.78 is 5.30. The van der Waals surface area contributed by atoms with E-state index in [0.717, 1.165) is 5.56 Å². The molecule has 1 aromatic rings. The monoisotopic (exact) mass is 364 g/mol.